The summed E-state index contributed by atoms with van der Waals surface area (Å²) in [5.41, 5.74) is 1.45. The number of carbonyl (C=O) groups excluding carboxylic acids is 1. The summed E-state index contributed by atoms with van der Waals surface area (Å²) in [4.78, 5) is 20.0. The Morgan fingerprint density at radius 2 is 2.10 bits per heavy atom. The van der Waals surface area contributed by atoms with Gasteiger partial charge in [0.15, 0.2) is 5.82 Å². The van der Waals surface area contributed by atoms with Gasteiger partial charge in [-0.1, -0.05) is 11.6 Å². The van der Waals surface area contributed by atoms with Gasteiger partial charge in [0.2, 0.25) is 11.2 Å². The van der Waals surface area contributed by atoms with E-state index in [1.165, 1.54) is 13.1 Å². The van der Waals surface area contributed by atoms with Crippen LogP contribution in [0.15, 0.2) is 29.3 Å². The molecular formula is C13H12Cl2N4OS. The molecule has 1 amide bonds. The summed E-state index contributed by atoms with van der Waals surface area (Å²) in [7, 11) is 0. The van der Waals surface area contributed by atoms with Gasteiger partial charge >= 0.3 is 0 Å². The summed E-state index contributed by atoms with van der Waals surface area (Å²) in [6.45, 7) is 1.46. The van der Waals surface area contributed by atoms with Crippen LogP contribution in [-0.2, 0) is 4.79 Å². The summed E-state index contributed by atoms with van der Waals surface area (Å²) in [6.07, 6.45) is 3.38. The van der Waals surface area contributed by atoms with Crippen molar-refractivity contribution < 1.29 is 4.79 Å². The van der Waals surface area contributed by atoms with E-state index in [0.29, 0.717) is 16.5 Å². The number of nitrogens with one attached hydrogen (secondary N) is 2. The lowest BCUT2D eigenvalue weighted by Crippen LogP contribution is -2.06. The third-order valence-corrected chi connectivity index (χ3v) is 3.74. The molecule has 2 aromatic rings. The summed E-state index contributed by atoms with van der Waals surface area (Å²) in [5.74, 6) is 0.271. The van der Waals surface area contributed by atoms with Crippen LogP contribution in [0.4, 0.5) is 17.2 Å². The minimum absolute atomic E-state index is 0.102. The average Bonchev–Trinajstić information content (AvgIpc) is 2.42. The molecule has 0 aliphatic carbocycles. The third-order valence-electron chi connectivity index (χ3n) is 2.49. The molecule has 0 radical (unpaired) electrons. The Balaban J connectivity index is 2.36. The quantitative estimate of drug-likeness (QED) is 0.643. The van der Waals surface area contributed by atoms with Crippen molar-refractivity contribution in [3.63, 3.8) is 0 Å². The van der Waals surface area contributed by atoms with Crippen LogP contribution in [0.3, 0.4) is 0 Å². The molecule has 1 heterocycles. The van der Waals surface area contributed by atoms with E-state index in [2.05, 4.69) is 20.6 Å². The summed E-state index contributed by atoms with van der Waals surface area (Å²) in [5, 5.41) is 6.30. The lowest BCUT2D eigenvalue weighted by Gasteiger charge is -2.13. The van der Waals surface area contributed by atoms with E-state index in [9.17, 15) is 4.79 Å². The smallest absolute Gasteiger partial charge is 0.224 e. The molecule has 0 saturated carbocycles. The Morgan fingerprint density at radius 1 is 1.33 bits per heavy atom. The SMILES string of the molecule is CSc1ccc(NC(C)=O)cc1Nc1nc(Cl)ncc1Cl. The largest absolute Gasteiger partial charge is 0.338 e. The van der Waals surface area contributed by atoms with Gasteiger partial charge in [0.25, 0.3) is 0 Å². The zero-order valence-electron chi connectivity index (χ0n) is 11.3. The van der Waals surface area contributed by atoms with Crippen molar-refractivity contribution in [2.24, 2.45) is 0 Å². The van der Waals surface area contributed by atoms with Crippen LogP contribution >= 0.6 is 35.0 Å². The number of thioether (sulfide) groups is 1. The molecule has 1 aromatic heterocycles. The number of benzene rings is 1. The van der Waals surface area contributed by atoms with E-state index >= 15 is 0 Å². The number of hydrogen-bond acceptors (Lipinski definition) is 5. The summed E-state index contributed by atoms with van der Waals surface area (Å²) >= 11 is 13.4. The van der Waals surface area contributed by atoms with Gasteiger partial charge in [0.1, 0.15) is 5.02 Å². The maximum absolute atomic E-state index is 11.1. The number of amides is 1. The summed E-state index contributed by atoms with van der Waals surface area (Å²) < 4.78 is 0. The predicted molar refractivity (Wildman–Crippen MR) is 87.9 cm³/mol. The monoisotopic (exact) mass is 342 g/mol. The van der Waals surface area contributed by atoms with E-state index in [0.717, 1.165) is 10.6 Å². The van der Waals surface area contributed by atoms with Gasteiger partial charge in [-0.05, 0) is 36.1 Å². The first-order valence-electron chi connectivity index (χ1n) is 5.90. The second kappa shape index (κ2) is 6.98. The number of hydrogen-bond donors (Lipinski definition) is 2. The molecule has 21 heavy (non-hydrogen) atoms. The van der Waals surface area contributed by atoms with Gasteiger partial charge in [-0.15, -0.1) is 11.8 Å². The van der Waals surface area contributed by atoms with E-state index < -0.39 is 0 Å². The Hall–Kier alpha value is -1.50. The predicted octanol–water partition coefficient (Wildman–Crippen LogP) is 4.21. The van der Waals surface area contributed by atoms with E-state index in [4.69, 9.17) is 23.2 Å². The van der Waals surface area contributed by atoms with Crippen LogP contribution in [0, 0.1) is 0 Å². The molecule has 1 aromatic carbocycles. The van der Waals surface area contributed by atoms with Gasteiger partial charge in [-0.3, -0.25) is 4.79 Å². The van der Waals surface area contributed by atoms with Crippen LogP contribution in [0.2, 0.25) is 10.3 Å². The minimum Gasteiger partial charge on any atom is -0.338 e. The minimum atomic E-state index is -0.138. The fourth-order valence-corrected chi connectivity index (χ4v) is 2.45. The molecule has 0 aliphatic rings. The van der Waals surface area contributed by atoms with Crippen LogP contribution in [-0.4, -0.2) is 22.1 Å². The number of anilines is 3. The van der Waals surface area contributed by atoms with Gasteiger partial charge in [-0.2, -0.15) is 4.98 Å². The molecule has 0 saturated heterocycles. The number of halogens is 2. The van der Waals surface area contributed by atoms with Gasteiger partial charge in [0.05, 0.1) is 11.9 Å². The van der Waals surface area contributed by atoms with Gasteiger partial charge in [-0.25, -0.2) is 4.98 Å². The van der Waals surface area contributed by atoms with Crippen LogP contribution in [0.1, 0.15) is 6.92 Å². The Kier molecular flexibility index (Phi) is 5.27. The third kappa shape index (κ3) is 4.23. The highest BCUT2D eigenvalue weighted by Gasteiger charge is 2.09. The van der Waals surface area contributed by atoms with Gasteiger partial charge in [0, 0.05) is 17.5 Å². The average molecular weight is 343 g/mol. The molecule has 5 nitrogen and oxygen atoms in total. The van der Waals surface area contributed by atoms with Crippen molar-refractivity contribution in [3.8, 4) is 0 Å². The molecule has 0 bridgehead atoms. The van der Waals surface area contributed by atoms with Crippen molar-refractivity contribution >= 4 is 58.1 Å². The van der Waals surface area contributed by atoms with E-state index in [1.54, 1.807) is 17.8 Å². The topological polar surface area (TPSA) is 66.9 Å². The molecular weight excluding hydrogens is 331 g/mol. The summed E-state index contributed by atoms with van der Waals surface area (Å²) in [6, 6.07) is 5.53. The van der Waals surface area contributed by atoms with E-state index in [-0.39, 0.29) is 11.2 Å². The molecule has 2 rings (SSSR count). The normalized spacial score (nSPS) is 10.3. The molecule has 0 aliphatic heterocycles. The standard InChI is InChI=1S/C13H12Cl2N4OS/c1-7(20)17-8-3-4-11(21-2)10(5-8)18-12-9(14)6-16-13(15)19-12/h3-6H,1-2H3,(H,17,20)(H,16,18,19). The maximum Gasteiger partial charge on any atom is 0.224 e. The molecule has 2 N–H and O–H groups in total. The first-order valence-corrected chi connectivity index (χ1v) is 7.88. The number of carbonyl (C=O) groups is 1. The lowest BCUT2D eigenvalue weighted by molar-refractivity contribution is -0.114. The van der Waals surface area contributed by atoms with Crippen molar-refractivity contribution in [2.45, 2.75) is 11.8 Å². The molecule has 0 atom stereocenters. The molecule has 8 heteroatoms. The van der Waals surface area contributed by atoms with Crippen LogP contribution in [0.5, 0.6) is 0 Å². The fraction of sp³-hybridized carbons (Fsp3) is 0.154. The molecule has 0 spiro atoms. The highest BCUT2D eigenvalue weighted by atomic mass is 35.5. The molecule has 0 unspecified atom stereocenters. The second-order valence-electron chi connectivity index (χ2n) is 4.06. The Morgan fingerprint density at radius 3 is 2.76 bits per heavy atom. The highest BCUT2D eigenvalue weighted by Crippen LogP contribution is 2.32. The number of rotatable bonds is 4. The van der Waals surface area contributed by atoms with E-state index in [1.807, 2.05) is 18.4 Å². The number of aromatic nitrogens is 2. The van der Waals surface area contributed by atoms with Crippen molar-refractivity contribution in [3.05, 3.63) is 34.7 Å². The first-order chi connectivity index (χ1) is 9.99. The molecule has 0 fully saturated rings. The van der Waals surface area contributed by atoms with Crippen molar-refractivity contribution in [1.29, 1.82) is 0 Å². The van der Waals surface area contributed by atoms with Crippen molar-refractivity contribution in [2.75, 3.05) is 16.9 Å². The van der Waals surface area contributed by atoms with Crippen molar-refractivity contribution in [1.82, 2.24) is 9.97 Å². The van der Waals surface area contributed by atoms with Crippen LogP contribution in [0.25, 0.3) is 0 Å². The molecule has 110 valence electrons. The fourth-order valence-electron chi connectivity index (χ4n) is 1.65. The van der Waals surface area contributed by atoms with Crippen LogP contribution < -0.4 is 10.6 Å². The first kappa shape index (κ1) is 15.9. The Labute approximate surface area is 136 Å². The Bertz CT molecular complexity index is 681. The number of nitrogens with zero attached hydrogens (tertiary/aromatic N) is 2. The van der Waals surface area contributed by atoms with Gasteiger partial charge < -0.3 is 10.6 Å². The highest BCUT2D eigenvalue weighted by molar-refractivity contribution is 7.98. The zero-order chi connectivity index (χ0) is 15.4. The second-order valence-corrected chi connectivity index (χ2v) is 5.65. The zero-order valence-corrected chi connectivity index (χ0v) is 13.6. The maximum atomic E-state index is 11.1. The lowest BCUT2D eigenvalue weighted by atomic mass is 10.2.